The predicted octanol–water partition coefficient (Wildman–Crippen LogP) is 8.72. The van der Waals surface area contributed by atoms with Gasteiger partial charge < -0.3 is 14.8 Å². The standard InChI is InChI=1S/C22H28F3N3O2.C11H25N.C2H4O/c1-15-4-3-12-26-21(15)30-19-7-5-17(6-8-19)10-13-28-14-18(9-11-22(23,24)25)20(27-28)16(2)29;1-5-7-11(12-4)9-8-10(3)6-2;1-2-3/h3-4,12,14,17,19H,5-11,13H2,1-2H3;10-12H,5-9H2,1-4H3;2H,1H3. The van der Waals surface area contributed by atoms with E-state index in [1.807, 2.05) is 19.1 Å². The van der Waals surface area contributed by atoms with Crippen molar-refractivity contribution in [2.45, 2.75) is 143 Å². The van der Waals surface area contributed by atoms with Gasteiger partial charge in [0, 0.05) is 49.5 Å². The molecule has 2 heterocycles. The lowest BCUT2D eigenvalue weighted by atomic mass is 9.85. The average Bonchev–Trinajstić information content (AvgIpc) is 3.43. The van der Waals surface area contributed by atoms with Crippen LogP contribution in [0, 0.1) is 18.8 Å². The summed E-state index contributed by atoms with van der Waals surface area (Å²) < 4.78 is 45.3. The molecule has 2 atom stereocenters. The zero-order chi connectivity index (χ0) is 33.8. The maximum absolute atomic E-state index is 12.5. The van der Waals surface area contributed by atoms with Gasteiger partial charge in [-0.15, -0.1) is 0 Å². The molecular weight excluding hydrogens is 581 g/mol. The number of carbonyl (C=O) groups excluding carboxylic acids is 2. The second-order valence-electron chi connectivity index (χ2n) is 12.2. The van der Waals surface area contributed by atoms with Crippen molar-refractivity contribution in [1.82, 2.24) is 20.1 Å². The Morgan fingerprint density at radius 3 is 2.38 bits per heavy atom. The number of ketones is 1. The van der Waals surface area contributed by atoms with Crippen molar-refractivity contribution in [1.29, 1.82) is 0 Å². The van der Waals surface area contributed by atoms with Gasteiger partial charge in [-0.25, -0.2) is 4.98 Å². The number of nitrogens with one attached hydrogen (secondary N) is 1. The summed E-state index contributed by atoms with van der Waals surface area (Å²) in [5, 5.41) is 7.62. The molecule has 0 aromatic carbocycles. The molecule has 0 saturated heterocycles. The van der Waals surface area contributed by atoms with Gasteiger partial charge >= 0.3 is 6.18 Å². The molecule has 1 N–H and O–H groups in total. The topological polar surface area (TPSA) is 86.1 Å². The quantitative estimate of drug-likeness (QED) is 0.155. The number of carbonyl (C=O) groups is 2. The third kappa shape index (κ3) is 16.9. The number of nitrogens with zero attached hydrogens (tertiary/aromatic N) is 3. The van der Waals surface area contributed by atoms with Gasteiger partial charge in [0.1, 0.15) is 18.1 Å². The highest BCUT2D eigenvalue weighted by Crippen LogP contribution is 2.30. The van der Waals surface area contributed by atoms with Crippen LogP contribution in [0.4, 0.5) is 13.2 Å². The molecule has 2 aromatic rings. The van der Waals surface area contributed by atoms with Crippen molar-refractivity contribution >= 4 is 12.1 Å². The van der Waals surface area contributed by atoms with Crippen LogP contribution in [0.5, 0.6) is 5.88 Å². The fraction of sp³-hybridized carbons (Fsp3) is 0.714. The zero-order valence-electron chi connectivity index (χ0n) is 28.6. The van der Waals surface area contributed by atoms with Crippen molar-refractivity contribution in [2.75, 3.05) is 7.05 Å². The second-order valence-corrected chi connectivity index (χ2v) is 12.2. The summed E-state index contributed by atoms with van der Waals surface area (Å²) >= 11 is 0. The van der Waals surface area contributed by atoms with Gasteiger partial charge in [0.05, 0.1) is 0 Å². The lowest BCUT2D eigenvalue weighted by Crippen LogP contribution is -2.25. The molecule has 2 aromatic heterocycles. The van der Waals surface area contributed by atoms with E-state index in [2.05, 4.69) is 43.2 Å². The first-order valence-corrected chi connectivity index (χ1v) is 16.7. The van der Waals surface area contributed by atoms with Crippen LogP contribution in [0.15, 0.2) is 24.5 Å². The minimum atomic E-state index is -4.25. The van der Waals surface area contributed by atoms with Crippen molar-refractivity contribution in [3.8, 4) is 5.88 Å². The first-order valence-electron chi connectivity index (χ1n) is 16.7. The molecule has 7 nitrogen and oxygen atoms in total. The third-order valence-corrected chi connectivity index (χ3v) is 8.40. The van der Waals surface area contributed by atoms with Crippen LogP contribution in [-0.2, 0) is 17.8 Å². The molecule has 1 fully saturated rings. The van der Waals surface area contributed by atoms with Crippen LogP contribution in [0.2, 0.25) is 0 Å². The first kappa shape index (κ1) is 40.3. The monoisotopic (exact) mass is 638 g/mol. The molecular formula is C35H57F3N4O3. The van der Waals surface area contributed by atoms with E-state index >= 15 is 0 Å². The molecule has 2 unspecified atom stereocenters. The van der Waals surface area contributed by atoms with Crippen LogP contribution >= 0.6 is 0 Å². The Hall–Kier alpha value is -2.75. The Morgan fingerprint density at radius 2 is 1.84 bits per heavy atom. The van der Waals surface area contributed by atoms with Crippen molar-refractivity contribution in [3.05, 3.63) is 41.3 Å². The van der Waals surface area contributed by atoms with E-state index in [-0.39, 0.29) is 24.0 Å². The number of rotatable bonds is 15. The molecule has 0 amide bonds. The van der Waals surface area contributed by atoms with Gasteiger partial charge in [0.25, 0.3) is 0 Å². The Morgan fingerprint density at radius 1 is 1.18 bits per heavy atom. The lowest BCUT2D eigenvalue weighted by molar-refractivity contribution is -0.134. The van der Waals surface area contributed by atoms with Crippen LogP contribution in [0.25, 0.3) is 0 Å². The number of Topliss-reactive ketones (excluding diaryl/α,β-unsaturated/α-hetero) is 1. The number of ether oxygens (including phenoxy) is 1. The molecule has 45 heavy (non-hydrogen) atoms. The van der Waals surface area contributed by atoms with Gasteiger partial charge in [-0.3, -0.25) is 9.48 Å². The minimum Gasteiger partial charge on any atom is -0.474 e. The number of pyridine rings is 1. The zero-order valence-corrected chi connectivity index (χ0v) is 28.6. The summed E-state index contributed by atoms with van der Waals surface area (Å²) in [6.07, 6.45) is 10.4. The minimum absolute atomic E-state index is 0.155. The number of alkyl halides is 3. The number of hydrogen-bond acceptors (Lipinski definition) is 6. The van der Waals surface area contributed by atoms with Crippen molar-refractivity contribution in [2.24, 2.45) is 11.8 Å². The number of aryl methyl sites for hydroxylation is 3. The van der Waals surface area contributed by atoms with E-state index in [1.165, 1.54) is 46.0 Å². The van der Waals surface area contributed by atoms with Crippen LogP contribution in [0.1, 0.15) is 127 Å². The molecule has 0 aliphatic heterocycles. The Labute approximate surface area is 269 Å². The lowest BCUT2D eigenvalue weighted by Gasteiger charge is -2.29. The Kier molecular flexibility index (Phi) is 19.6. The summed E-state index contributed by atoms with van der Waals surface area (Å²) in [7, 11) is 2.08. The number of aromatic nitrogens is 3. The van der Waals surface area contributed by atoms with Crippen molar-refractivity contribution < 1.29 is 27.5 Å². The molecule has 3 rings (SSSR count). The van der Waals surface area contributed by atoms with Gasteiger partial charge in [0.2, 0.25) is 5.88 Å². The summed E-state index contributed by atoms with van der Waals surface area (Å²) in [5.41, 5.74) is 1.56. The van der Waals surface area contributed by atoms with Crippen LogP contribution < -0.4 is 10.1 Å². The number of halogens is 3. The van der Waals surface area contributed by atoms with Gasteiger partial charge in [-0.2, -0.15) is 18.3 Å². The molecule has 10 heteroatoms. The highest BCUT2D eigenvalue weighted by Gasteiger charge is 2.28. The first-order chi connectivity index (χ1) is 21.4. The van der Waals surface area contributed by atoms with E-state index < -0.39 is 12.6 Å². The Balaban J connectivity index is 0.000000566. The van der Waals surface area contributed by atoms with Crippen LogP contribution in [-0.4, -0.2) is 52.2 Å². The number of aldehydes is 1. The fourth-order valence-electron chi connectivity index (χ4n) is 5.41. The third-order valence-electron chi connectivity index (χ3n) is 8.40. The largest absolute Gasteiger partial charge is 0.474 e. The maximum atomic E-state index is 12.5. The van der Waals surface area contributed by atoms with E-state index in [0.717, 1.165) is 55.9 Å². The fourth-order valence-corrected chi connectivity index (χ4v) is 5.41. The molecule has 0 bridgehead atoms. The van der Waals surface area contributed by atoms with E-state index in [1.54, 1.807) is 17.1 Å². The summed E-state index contributed by atoms with van der Waals surface area (Å²) in [6, 6.07) is 4.63. The van der Waals surface area contributed by atoms with E-state index in [0.29, 0.717) is 23.9 Å². The molecule has 1 aliphatic rings. The predicted molar refractivity (Wildman–Crippen MR) is 175 cm³/mol. The Bertz CT molecular complexity index is 1100. The SMILES string of the molecule is CC(=O)c1nn(CCC2CCC(Oc3ncccc3C)CC2)cc1CCC(F)(F)F.CC=O.CCCC(CCC(C)CC)NC. The number of hydrogen-bond donors (Lipinski definition) is 1. The highest BCUT2D eigenvalue weighted by molar-refractivity contribution is 5.93. The van der Waals surface area contributed by atoms with E-state index in [9.17, 15) is 18.0 Å². The summed E-state index contributed by atoms with van der Waals surface area (Å²) in [4.78, 5) is 24.8. The van der Waals surface area contributed by atoms with Crippen LogP contribution in [0.3, 0.4) is 0 Å². The molecule has 0 radical (unpaired) electrons. The van der Waals surface area contributed by atoms with Gasteiger partial charge in [-0.05, 0) is 96.6 Å². The molecule has 0 spiro atoms. The summed E-state index contributed by atoms with van der Waals surface area (Å²) in [6.45, 7) is 12.2. The smallest absolute Gasteiger partial charge is 0.389 e. The highest BCUT2D eigenvalue weighted by atomic mass is 19.4. The second kappa shape index (κ2) is 21.9. The normalized spacial score (nSPS) is 17.6. The molecule has 1 aliphatic carbocycles. The van der Waals surface area contributed by atoms with Gasteiger partial charge in [-0.1, -0.05) is 39.7 Å². The van der Waals surface area contributed by atoms with E-state index in [4.69, 9.17) is 9.53 Å². The summed E-state index contributed by atoms with van der Waals surface area (Å²) in [5.74, 6) is 1.81. The molecule has 1 saturated carbocycles. The average molecular weight is 639 g/mol. The van der Waals surface area contributed by atoms with Gasteiger partial charge in [0.15, 0.2) is 5.78 Å². The maximum Gasteiger partial charge on any atom is 0.389 e. The van der Waals surface area contributed by atoms with Crippen molar-refractivity contribution in [3.63, 3.8) is 0 Å². The molecule has 256 valence electrons.